The van der Waals surface area contributed by atoms with Crippen molar-refractivity contribution in [2.45, 2.75) is 52.0 Å². The van der Waals surface area contributed by atoms with Crippen molar-refractivity contribution in [2.24, 2.45) is 5.41 Å². The standard InChI is InChI=1S/C17H23FN2O/c1-3-17(5-4-6-17)10-19-16(21)15-9-12-13(18)7-11(2)8-14(12)20-15/h7-8,15,20H,3-6,9-10H2,1-2H3,(H,19,21). The van der Waals surface area contributed by atoms with Crippen LogP contribution >= 0.6 is 0 Å². The highest BCUT2D eigenvalue weighted by Gasteiger charge is 2.36. The minimum atomic E-state index is -0.342. The van der Waals surface area contributed by atoms with E-state index in [1.807, 2.05) is 13.0 Å². The molecule has 0 saturated heterocycles. The molecule has 2 N–H and O–H groups in total. The van der Waals surface area contributed by atoms with E-state index in [1.165, 1.54) is 25.3 Å². The number of hydrogen-bond acceptors (Lipinski definition) is 2. The predicted molar refractivity (Wildman–Crippen MR) is 81.8 cm³/mol. The predicted octanol–water partition coefficient (Wildman–Crippen LogP) is 3.17. The molecule has 1 atom stereocenters. The van der Waals surface area contributed by atoms with Crippen molar-refractivity contribution in [3.63, 3.8) is 0 Å². The molecular formula is C17H23FN2O. The molecule has 1 amide bonds. The van der Waals surface area contributed by atoms with Crippen LogP contribution in [0.25, 0.3) is 0 Å². The highest BCUT2D eigenvalue weighted by atomic mass is 19.1. The Kier molecular flexibility index (Phi) is 3.64. The molecule has 4 heteroatoms. The molecule has 1 heterocycles. The molecule has 0 spiro atoms. The number of hydrogen-bond donors (Lipinski definition) is 2. The van der Waals surface area contributed by atoms with Gasteiger partial charge in [0.2, 0.25) is 5.91 Å². The maximum absolute atomic E-state index is 13.9. The quantitative estimate of drug-likeness (QED) is 0.894. The topological polar surface area (TPSA) is 41.1 Å². The molecule has 1 fully saturated rings. The molecule has 1 aliphatic heterocycles. The summed E-state index contributed by atoms with van der Waals surface area (Å²) < 4.78 is 13.9. The molecule has 1 aromatic carbocycles. The Labute approximate surface area is 125 Å². The number of nitrogens with one attached hydrogen (secondary N) is 2. The third-order valence-corrected chi connectivity index (χ3v) is 5.20. The van der Waals surface area contributed by atoms with Crippen molar-refractivity contribution < 1.29 is 9.18 Å². The van der Waals surface area contributed by atoms with E-state index in [0.29, 0.717) is 17.4 Å². The lowest BCUT2D eigenvalue weighted by molar-refractivity contribution is -0.122. The number of halogens is 1. The number of aryl methyl sites for hydroxylation is 1. The average Bonchev–Trinajstić information content (AvgIpc) is 2.82. The van der Waals surface area contributed by atoms with E-state index in [4.69, 9.17) is 0 Å². The lowest BCUT2D eigenvalue weighted by Crippen LogP contribution is -2.46. The molecule has 1 aliphatic carbocycles. The molecule has 0 radical (unpaired) electrons. The molecule has 2 aliphatic rings. The summed E-state index contributed by atoms with van der Waals surface area (Å²) in [6, 6.07) is 3.09. The van der Waals surface area contributed by atoms with Crippen molar-refractivity contribution in [3.8, 4) is 0 Å². The molecule has 1 unspecified atom stereocenters. The Morgan fingerprint density at radius 2 is 2.24 bits per heavy atom. The third-order valence-electron chi connectivity index (χ3n) is 5.20. The second-order valence-electron chi connectivity index (χ2n) is 6.60. The van der Waals surface area contributed by atoms with E-state index in [9.17, 15) is 9.18 Å². The molecule has 21 heavy (non-hydrogen) atoms. The van der Waals surface area contributed by atoms with Gasteiger partial charge in [-0.05, 0) is 49.3 Å². The van der Waals surface area contributed by atoms with Gasteiger partial charge >= 0.3 is 0 Å². The van der Waals surface area contributed by atoms with Gasteiger partial charge in [-0.3, -0.25) is 4.79 Å². The molecule has 114 valence electrons. The number of amides is 1. The van der Waals surface area contributed by atoms with Gasteiger partial charge in [0.15, 0.2) is 0 Å². The van der Waals surface area contributed by atoms with Gasteiger partial charge in [0.25, 0.3) is 0 Å². The first-order valence-electron chi connectivity index (χ1n) is 7.86. The van der Waals surface area contributed by atoms with Crippen LogP contribution in [-0.4, -0.2) is 18.5 Å². The summed E-state index contributed by atoms with van der Waals surface area (Å²) in [5.41, 5.74) is 2.58. The van der Waals surface area contributed by atoms with Gasteiger partial charge in [0.05, 0.1) is 0 Å². The van der Waals surface area contributed by atoms with Gasteiger partial charge < -0.3 is 10.6 Å². The van der Waals surface area contributed by atoms with E-state index < -0.39 is 0 Å². The van der Waals surface area contributed by atoms with Crippen molar-refractivity contribution in [2.75, 3.05) is 11.9 Å². The maximum Gasteiger partial charge on any atom is 0.242 e. The van der Waals surface area contributed by atoms with Crippen LogP contribution < -0.4 is 10.6 Å². The van der Waals surface area contributed by atoms with Crippen LogP contribution in [0, 0.1) is 18.2 Å². The highest BCUT2D eigenvalue weighted by Crippen LogP contribution is 2.43. The van der Waals surface area contributed by atoms with Gasteiger partial charge in [-0.15, -0.1) is 0 Å². The normalized spacial score (nSPS) is 22.1. The van der Waals surface area contributed by atoms with Crippen LogP contribution in [0.3, 0.4) is 0 Å². The number of carbonyl (C=O) groups is 1. The summed E-state index contributed by atoms with van der Waals surface area (Å²) in [5.74, 6) is -0.222. The van der Waals surface area contributed by atoms with E-state index >= 15 is 0 Å². The zero-order valence-corrected chi connectivity index (χ0v) is 12.8. The number of benzene rings is 1. The number of rotatable bonds is 4. The maximum atomic E-state index is 13.9. The number of carbonyl (C=O) groups excluding carboxylic acids is 1. The minimum Gasteiger partial charge on any atom is -0.373 e. The summed E-state index contributed by atoms with van der Waals surface area (Å²) in [5, 5.41) is 6.22. The van der Waals surface area contributed by atoms with E-state index in [2.05, 4.69) is 17.6 Å². The summed E-state index contributed by atoms with van der Waals surface area (Å²) in [7, 11) is 0. The van der Waals surface area contributed by atoms with E-state index in [-0.39, 0.29) is 17.8 Å². The van der Waals surface area contributed by atoms with Crippen LogP contribution in [0.15, 0.2) is 12.1 Å². The number of anilines is 1. The van der Waals surface area contributed by atoms with Crippen LogP contribution in [0.5, 0.6) is 0 Å². The molecule has 3 nitrogen and oxygen atoms in total. The zero-order chi connectivity index (χ0) is 15.0. The lowest BCUT2D eigenvalue weighted by atomic mass is 9.67. The van der Waals surface area contributed by atoms with Crippen molar-refractivity contribution in [1.29, 1.82) is 0 Å². The van der Waals surface area contributed by atoms with E-state index in [0.717, 1.165) is 24.2 Å². The Bertz CT molecular complexity index is 561. The largest absolute Gasteiger partial charge is 0.373 e. The Morgan fingerprint density at radius 3 is 2.86 bits per heavy atom. The molecule has 0 bridgehead atoms. The second-order valence-corrected chi connectivity index (χ2v) is 6.60. The smallest absolute Gasteiger partial charge is 0.242 e. The van der Waals surface area contributed by atoms with Crippen molar-refractivity contribution >= 4 is 11.6 Å². The molecule has 0 aromatic heterocycles. The Balaban J connectivity index is 1.62. The average molecular weight is 290 g/mol. The van der Waals surface area contributed by atoms with Crippen molar-refractivity contribution in [1.82, 2.24) is 5.32 Å². The van der Waals surface area contributed by atoms with Gasteiger partial charge in [0, 0.05) is 24.2 Å². The third kappa shape index (κ3) is 2.63. The van der Waals surface area contributed by atoms with Crippen LogP contribution in [-0.2, 0) is 11.2 Å². The monoisotopic (exact) mass is 290 g/mol. The van der Waals surface area contributed by atoms with Crippen LogP contribution in [0.1, 0.15) is 43.7 Å². The first-order chi connectivity index (χ1) is 10.0. The van der Waals surface area contributed by atoms with Gasteiger partial charge in [0.1, 0.15) is 11.9 Å². The Hall–Kier alpha value is -1.58. The van der Waals surface area contributed by atoms with Crippen LogP contribution in [0.2, 0.25) is 0 Å². The summed E-state index contributed by atoms with van der Waals surface area (Å²) in [6.45, 7) is 4.80. The first-order valence-corrected chi connectivity index (χ1v) is 7.86. The first kappa shape index (κ1) is 14.4. The fraction of sp³-hybridized carbons (Fsp3) is 0.588. The molecule has 1 aromatic rings. The molecule has 3 rings (SSSR count). The fourth-order valence-electron chi connectivity index (χ4n) is 3.44. The lowest BCUT2D eigenvalue weighted by Gasteiger charge is -2.41. The zero-order valence-electron chi connectivity index (χ0n) is 12.8. The molecular weight excluding hydrogens is 267 g/mol. The minimum absolute atomic E-state index is 0.0111. The van der Waals surface area contributed by atoms with Gasteiger partial charge in [-0.2, -0.15) is 0 Å². The second kappa shape index (κ2) is 5.32. The Morgan fingerprint density at radius 1 is 1.48 bits per heavy atom. The highest BCUT2D eigenvalue weighted by molar-refractivity contribution is 5.87. The van der Waals surface area contributed by atoms with Crippen molar-refractivity contribution in [3.05, 3.63) is 29.1 Å². The van der Waals surface area contributed by atoms with Gasteiger partial charge in [-0.1, -0.05) is 13.3 Å². The molecule has 1 saturated carbocycles. The summed E-state index contributed by atoms with van der Waals surface area (Å²) in [4.78, 5) is 12.3. The van der Waals surface area contributed by atoms with E-state index in [1.54, 1.807) is 0 Å². The van der Waals surface area contributed by atoms with Crippen LogP contribution in [0.4, 0.5) is 10.1 Å². The van der Waals surface area contributed by atoms with Gasteiger partial charge in [-0.25, -0.2) is 4.39 Å². The number of fused-ring (bicyclic) bond motifs is 1. The SMILES string of the molecule is CCC1(CNC(=O)C2Cc3c(F)cc(C)cc3N2)CCC1. The summed E-state index contributed by atoms with van der Waals surface area (Å²) >= 11 is 0. The summed E-state index contributed by atoms with van der Waals surface area (Å²) in [6.07, 6.45) is 5.22. The fourth-order valence-corrected chi connectivity index (χ4v) is 3.44.